The summed E-state index contributed by atoms with van der Waals surface area (Å²) in [4.78, 5) is 11.0. The molecule has 2 N–H and O–H groups in total. The van der Waals surface area contributed by atoms with Crippen LogP contribution in [0.15, 0.2) is 0 Å². The minimum Gasteiger partial charge on any atom is -0.335 e. The number of carbonyl (C=O) groups excluding carboxylic acids is 1. The van der Waals surface area contributed by atoms with E-state index in [1.54, 1.807) is 6.92 Å². The second kappa shape index (κ2) is 3.96. The van der Waals surface area contributed by atoms with Gasteiger partial charge < -0.3 is 10.6 Å². The molecule has 1 unspecified atom stereocenters. The third kappa shape index (κ3) is 2.42. The predicted octanol–water partition coefficient (Wildman–Crippen LogP) is 0.750. The molecule has 0 aromatic carbocycles. The Bertz CT molecular complexity index is 205. The van der Waals surface area contributed by atoms with E-state index >= 15 is 0 Å². The predicted molar refractivity (Wildman–Crippen MR) is 44.4 cm³/mol. The number of hydrogen-bond acceptors (Lipinski definition) is 2. The standard InChI is InChI=1S/C8H13N3O/c1-6(5-9)10-8(12)11-7-3-2-4-7/h6-7H,2-4H2,1H3,(H2,10,11,12). The van der Waals surface area contributed by atoms with Crippen LogP contribution in [0.25, 0.3) is 0 Å². The highest BCUT2D eigenvalue weighted by atomic mass is 16.2. The summed E-state index contributed by atoms with van der Waals surface area (Å²) in [5, 5.41) is 13.7. The molecule has 0 bridgehead atoms. The van der Waals surface area contributed by atoms with E-state index in [2.05, 4.69) is 10.6 Å². The van der Waals surface area contributed by atoms with Gasteiger partial charge in [0.05, 0.1) is 6.07 Å². The molecule has 1 aliphatic carbocycles. The Morgan fingerprint density at radius 3 is 2.75 bits per heavy atom. The highest BCUT2D eigenvalue weighted by Crippen LogP contribution is 2.17. The Balaban J connectivity index is 2.15. The lowest BCUT2D eigenvalue weighted by Gasteiger charge is -2.26. The Hall–Kier alpha value is -1.24. The zero-order valence-electron chi connectivity index (χ0n) is 7.13. The van der Waals surface area contributed by atoms with E-state index in [9.17, 15) is 4.79 Å². The number of nitrogens with one attached hydrogen (secondary N) is 2. The van der Waals surface area contributed by atoms with Gasteiger partial charge in [0.2, 0.25) is 0 Å². The first kappa shape index (κ1) is 8.85. The summed E-state index contributed by atoms with van der Waals surface area (Å²) in [7, 11) is 0. The third-order valence-corrected chi connectivity index (χ3v) is 1.98. The molecule has 0 aromatic heterocycles. The van der Waals surface area contributed by atoms with Gasteiger partial charge in [-0.2, -0.15) is 5.26 Å². The summed E-state index contributed by atoms with van der Waals surface area (Å²) >= 11 is 0. The highest BCUT2D eigenvalue weighted by Gasteiger charge is 2.19. The molecule has 0 heterocycles. The van der Waals surface area contributed by atoms with Gasteiger partial charge in [0.1, 0.15) is 6.04 Å². The van der Waals surface area contributed by atoms with Gasteiger partial charge in [-0.25, -0.2) is 4.79 Å². The van der Waals surface area contributed by atoms with Crippen LogP contribution in [0.3, 0.4) is 0 Å². The Kier molecular flexibility index (Phi) is 2.92. The molecule has 0 aromatic rings. The van der Waals surface area contributed by atoms with Crippen LogP contribution < -0.4 is 10.6 Å². The largest absolute Gasteiger partial charge is 0.335 e. The zero-order chi connectivity index (χ0) is 8.97. The number of carbonyl (C=O) groups is 1. The van der Waals surface area contributed by atoms with Gasteiger partial charge in [-0.15, -0.1) is 0 Å². The number of nitrogens with zero attached hydrogens (tertiary/aromatic N) is 1. The summed E-state index contributed by atoms with van der Waals surface area (Å²) in [6.07, 6.45) is 3.32. The minimum absolute atomic E-state index is 0.228. The zero-order valence-corrected chi connectivity index (χ0v) is 7.13. The molecule has 4 heteroatoms. The maximum absolute atomic E-state index is 11.0. The van der Waals surface area contributed by atoms with Crippen molar-refractivity contribution >= 4 is 6.03 Å². The number of hydrogen-bond donors (Lipinski definition) is 2. The smallest absolute Gasteiger partial charge is 0.316 e. The molecular formula is C8H13N3O. The average Bonchev–Trinajstić information content (AvgIpc) is 1.97. The second-order valence-corrected chi connectivity index (χ2v) is 3.10. The van der Waals surface area contributed by atoms with Crippen LogP contribution in [0.2, 0.25) is 0 Å². The molecule has 1 fully saturated rings. The maximum Gasteiger partial charge on any atom is 0.316 e. The summed E-state index contributed by atoms with van der Waals surface area (Å²) < 4.78 is 0. The Morgan fingerprint density at radius 1 is 1.67 bits per heavy atom. The van der Waals surface area contributed by atoms with Gasteiger partial charge in [0.25, 0.3) is 0 Å². The topological polar surface area (TPSA) is 64.9 Å². The van der Waals surface area contributed by atoms with Crippen LogP contribution in [0, 0.1) is 11.3 Å². The van der Waals surface area contributed by atoms with Crippen LogP contribution in [-0.2, 0) is 0 Å². The van der Waals surface area contributed by atoms with Crippen LogP contribution in [-0.4, -0.2) is 18.1 Å². The molecule has 1 aliphatic rings. The lowest BCUT2D eigenvalue weighted by atomic mass is 9.93. The van der Waals surface area contributed by atoms with E-state index in [1.807, 2.05) is 6.07 Å². The molecule has 1 rings (SSSR count). The normalized spacial score (nSPS) is 18.7. The van der Waals surface area contributed by atoms with Crippen LogP contribution in [0.4, 0.5) is 4.79 Å². The monoisotopic (exact) mass is 167 g/mol. The van der Waals surface area contributed by atoms with Gasteiger partial charge in [0.15, 0.2) is 0 Å². The molecule has 0 saturated heterocycles. The van der Waals surface area contributed by atoms with E-state index in [1.165, 1.54) is 6.42 Å². The van der Waals surface area contributed by atoms with Gasteiger partial charge in [-0.05, 0) is 26.2 Å². The molecule has 1 saturated carbocycles. The lowest BCUT2D eigenvalue weighted by molar-refractivity contribution is 0.227. The molecule has 2 amide bonds. The first-order valence-corrected chi connectivity index (χ1v) is 4.19. The Labute approximate surface area is 71.9 Å². The summed E-state index contributed by atoms with van der Waals surface area (Å²) in [5.74, 6) is 0. The molecule has 0 radical (unpaired) electrons. The summed E-state index contributed by atoms with van der Waals surface area (Å²) in [6, 6.07) is 1.62. The third-order valence-electron chi connectivity index (χ3n) is 1.98. The van der Waals surface area contributed by atoms with Crippen molar-refractivity contribution in [2.75, 3.05) is 0 Å². The van der Waals surface area contributed by atoms with E-state index < -0.39 is 6.04 Å². The van der Waals surface area contributed by atoms with Crippen molar-refractivity contribution in [2.24, 2.45) is 0 Å². The molecule has 66 valence electrons. The van der Waals surface area contributed by atoms with Crippen molar-refractivity contribution in [3.63, 3.8) is 0 Å². The van der Waals surface area contributed by atoms with E-state index in [-0.39, 0.29) is 6.03 Å². The van der Waals surface area contributed by atoms with E-state index in [4.69, 9.17) is 5.26 Å². The maximum atomic E-state index is 11.0. The molecule has 0 aliphatic heterocycles. The van der Waals surface area contributed by atoms with Gasteiger partial charge in [0, 0.05) is 6.04 Å². The molecule has 12 heavy (non-hydrogen) atoms. The molecule has 4 nitrogen and oxygen atoms in total. The fourth-order valence-corrected chi connectivity index (χ4v) is 1.01. The van der Waals surface area contributed by atoms with Crippen molar-refractivity contribution < 1.29 is 4.79 Å². The highest BCUT2D eigenvalue weighted by molar-refractivity contribution is 5.74. The molecule has 1 atom stereocenters. The average molecular weight is 167 g/mol. The van der Waals surface area contributed by atoms with Crippen molar-refractivity contribution in [3.8, 4) is 6.07 Å². The number of urea groups is 1. The Morgan fingerprint density at radius 2 is 2.33 bits per heavy atom. The van der Waals surface area contributed by atoms with Crippen molar-refractivity contribution in [2.45, 2.75) is 38.3 Å². The van der Waals surface area contributed by atoms with Crippen LogP contribution in [0.5, 0.6) is 0 Å². The molecular weight excluding hydrogens is 154 g/mol. The fourth-order valence-electron chi connectivity index (χ4n) is 1.01. The summed E-state index contributed by atoms with van der Waals surface area (Å²) in [6.45, 7) is 1.65. The quantitative estimate of drug-likeness (QED) is 0.637. The van der Waals surface area contributed by atoms with E-state index in [0.717, 1.165) is 12.8 Å². The lowest BCUT2D eigenvalue weighted by Crippen LogP contribution is -2.47. The SMILES string of the molecule is CC(C#N)NC(=O)NC1CCC1. The fraction of sp³-hybridized carbons (Fsp3) is 0.750. The first-order valence-electron chi connectivity index (χ1n) is 4.19. The van der Waals surface area contributed by atoms with Crippen molar-refractivity contribution in [1.82, 2.24) is 10.6 Å². The number of rotatable bonds is 2. The number of amides is 2. The van der Waals surface area contributed by atoms with Gasteiger partial charge in [-0.1, -0.05) is 0 Å². The van der Waals surface area contributed by atoms with Gasteiger partial charge in [-0.3, -0.25) is 0 Å². The first-order chi connectivity index (χ1) is 5.72. The van der Waals surface area contributed by atoms with Crippen molar-refractivity contribution in [3.05, 3.63) is 0 Å². The van der Waals surface area contributed by atoms with E-state index in [0.29, 0.717) is 6.04 Å². The van der Waals surface area contributed by atoms with Gasteiger partial charge >= 0.3 is 6.03 Å². The number of nitriles is 1. The molecule has 0 spiro atoms. The second-order valence-electron chi connectivity index (χ2n) is 3.10. The van der Waals surface area contributed by atoms with Crippen molar-refractivity contribution in [1.29, 1.82) is 5.26 Å². The summed E-state index contributed by atoms with van der Waals surface area (Å²) in [5.41, 5.74) is 0. The van der Waals surface area contributed by atoms with Crippen LogP contribution >= 0.6 is 0 Å². The minimum atomic E-state index is -0.412. The van der Waals surface area contributed by atoms with Crippen LogP contribution in [0.1, 0.15) is 26.2 Å².